The highest BCUT2D eigenvalue weighted by Crippen LogP contribution is 2.25. The van der Waals surface area contributed by atoms with E-state index < -0.39 is 0 Å². The van der Waals surface area contributed by atoms with Gasteiger partial charge in [0.05, 0.1) is 18.1 Å². The van der Waals surface area contributed by atoms with Gasteiger partial charge in [-0.25, -0.2) is 4.98 Å². The van der Waals surface area contributed by atoms with Crippen molar-refractivity contribution < 1.29 is 9.53 Å². The molecule has 1 aromatic heterocycles. The summed E-state index contributed by atoms with van der Waals surface area (Å²) in [5.74, 6) is 0.368. The molecule has 1 amide bonds. The second-order valence-corrected chi connectivity index (χ2v) is 4.90. The van der Waals surface area contributed by atoms with Crippen LogP contribution >= 0.6 is 0 Å². The van der Waals surface area contributed by atoms with Gasteiger partial charge < -0.3 is 20.4 Å². The number of amides is 1. The Kier molecular flexibility index (Phi) is 4.94. The Morgan fingerprint density at radius 3 is 2.90 bits per heavy atom. The molecule has 1 heterocycles. The van der Waals surface area contributed by atoms with Gasteiger partial charge >= 0.3 is 0 Å². The normalized spacial score (nSPS) is 10.7. The largest absolute Gasteiger partial charge is 0.489 e. The molecular formula is C15H20N4O2. The maximum absolute atomic E-state index is 12.2. The standard InChI is InChI=1S/C15H20N4O2/c1-11(2)21-14-6-4-3-5-12(14)18-15(20)13-9-19(8-7-16)10-17-13/h3-6,9-11H,7-8,16H2,1-2H3,(H,18,20). The first-order valence-corrected chi connectivity index (χ1v) is 6.89. The third kappa shape index (κ3) is 4.06. The number of imidazole rings is 1. The summed E-state index contributed by atoms with van der Waals surface area (Å²) in [5.41, 5.74) is 6.45. The van der Waals surface area contributed by atoms with Crippen molar-refractivity contribution in [1.29, 1.82) is 0 Å². The molecule has 2 aromatic rings. The van der Waals surface area contributed by atoms with E-state index in [0.717, 1.165) is 0 Å². The maximum Gasteiger partial charge on any atom is 0.275 e. The van der Waals surface area contributed by atoms with Gasteiger partial charge in [-0.15, -0.1) is 0 Å². The van der Waals surface area contributed by atoms with Gasteiger partial charge in [0.2, 0.25) is 0 Å². The number of hydrogen-bond acceptors (Lipinski definition) is 4. The highest BCUT2D eigenvalue weighted by Gasteiger charge is 2.12. The van der Waals surface area contributed by atoms with Gasteiger partial charge in [0.1, 0.15) is 11.4 Å². The number of rotatable bonds is 6. The molecule has 0 radical (unpaired) electrons. The van der Waals surface area contributed by atoms with E-state index in [-0.39, 0.29) is 12.0 Å². The van der Waals surface area contributed by atoms with Gasteiger partial charge in [-0.1, -0.05) is 12.1 Å². The monoisotopic (exact) mass is 288 g/mol. The molecule has 0 aliphatic rings. The molecule has 6 heteroatoms. The van der Waals surface area contributed by atoms with E-state index in [0.29, 0.717) is 30.2 Å². The number of anilines is 1. The zero-order valence-electron chi connectivity index (χ0n) is 12.2. The second-order valence-electron chi connectivity index (χ2n) is 4.90. The predicted octanol–water partition coefficient (Wildman–Crippen LogP) is 1.88. The molecule has 2 rings (SSSR count). The smallest absolute Gasteiger partial charge is 0.275 e. The van der Waals surface area contributed by atoms with Gasteiger partial charge in [0.25, 0.3) is 5.91 Å². The van der Waals surface area contributed by atoms with Gasteiger partial charge in [0, 0.05) is 19.3 Å². The highest BCUT2D eigenvalue weighted by molar-refractivity contribution is 6.03. The summed E-state index contributed by atoms with van der Waals surface area (Å²) < 4.78 is 7.45. The molecule has 0 saturated carbocycles. The minimum absolute atomic E-state index is 0.0341. The van der Waals surface area contributed by atoms with Crippen molar-refractivity contribution >= 4 is 11.6 Å². The van der Waals surface area contributed by atoms with Crippen molar-refractivity contribution in [2.24, 2.45) is 5.73 Å². The minimum atomic E-state index is -0.273. The van der Waals surface area contributed by atoms with Gasteiger partial charge in [0.15, 0.2) is 0 Å². The molecule has 6 nitrogen and oxygen atoms in total. The number of nitrogens with two attached hydrogens (primary N) is 1. The average molecular weight is 288 g/mol. The number of benzene rings is 1. The summed E-state index contributed by atoms with van der Waals surface area (Å²) >= 11 is 0. The molecule has 112 valence electrons. The summed E-state index contributed by atoms with van der Waals surface area (Å²) in [5, 5.41) is 2.82. The first-order chi connectivity index (χ1) is 10.1. The van der Waals surface area contributed by atoms with E-state index >= 15 is 0 Å². The Morgan fingerprint density at radius 2 is 2.19 bits per heavy atom. The minimum Gasteiger partial charge on any atom is -0.489 e. The first kappa shape index (κ1) is 15.1. The molecule has 0 bridgehead atoms. The molecule has 0 unspecified atom stereocenters. The van der Waals surface area contributed by atoms with E-state index in [4.69, 9.17) is 10.5 Å². The van der Waals surface area contributed by atoms with Crippen LogP contribution in [0.3, 0.4) is 0 Å². The number of aromatic nitrogens is 2. The fourth-order valence-corrected chi connectivity index (χ4v) is 1.86. The fraction of sp³-hybridized carbons (Fsp3) is 0.333. The van der Waals surface area contributed by atoms with Crippen LogP contribution in [-0.4, -0.2) is 28.1 Å². The lowest BCUT2D eigenvalue weighted by atomic mass is 10.2. The number of carbonyl (C=O) groups excluding carboxylic acids is 1. The van der Waals surface area contributed by atoms with E-state index in [9.17, 15) is 4.79 Å². The van der Waals surface area contributed by atoms with Gasteiger partial charge in [-0.2, -0.15) is 0 Å². The Hall–Kier alpha value is -2.34. The number of nitrogens with one attached hydrogen (secondary N) is 1. The number of nitrogens with zero attached hydrogens (tertiary/aromatic N) is 2. The van der Waals surface area contributed by atoms with E-state index in [1.807, 2.05) is 32.0 Å². The molecule has 0 aliphatic heterocycles. The van der Waals surface area contributed by atoms with Crippen molar-refractivity contribution in [1.82, 2.24) is 9.55 Å². The van der Waals surface area contributed by atoms with Crippen LogP contribution in [0.5, 0.6) is 5.75 Å². The molecule has 3 N–H and O–H groups in total. The summed E-state index contributed by atoms with van der Waals surface area (Å²) in [6.07, 6.45) is 3.30. The van der Waals surface area contributed by atoms with Gasteiger partial charge in [-0.3, -0.25) is 4.79 Å². The third-order valence-electron chi connectivity index (χ3n) is 2.75. The van der Waals surface area contributed by atoms with Crippen LogP contribution in [-0.2, 0) is 6.54 Å². The highest BCUT2D eigenvalue weighted by atomic mass is 16.5. The number of carbonyl (C=O) groups is 1. The molecule has 21 heavy (non-hydrogen) atoms. The molecule has 0 atom stereocenters. The van der Waals surface area contributed by atoms with E-state index in [1.165, 1.54) is 0 Å². The van der Waals surface area contributed by atoms with Crippen molar-refractivity contribution in [3.63, 3.8) is 0 Å². The van der Waals surface area contributed by atoms with E-state index in [2.05, 4.69) is 10.3 Å². The summed E-state index contributed by atoms with van der Waals surface area (Å²) in [4.78, 5) is 16.3. The number of hydrogen-bond donors (Lipinski definition) is 2. The van der Waals surface area contributed by atoms with Gasteiger partial charge in [-0.05, 0) is 26.0 Å². The first-order valence-electron chi connectivity index (χ1n) is 6.89. The van der Waals surface area contributed by atoms with Crippen molar-refractivity contribution in [3.05, 3.63) is 42.5 Å². The zero-order valence-corrected chi connectivity index (χ0v) is 12.2. The lowest BCUT2D eigenvalue weighted by Crippen LogP contribution is -2.15. The summed E-state index contributed by atoms with van der Waals surface area (Å²) in [6, 6.07) is 7.33. The zero-order chi connectivity index (χ0) is 15.2. The Bertz CT molecular complexity index is 607. The van der Waals surface area contributed by atoms with Crippen LogP contribution in [0, 0.1) is 0 Å². The van der Waals surface area contributed by atoms with Crippen LogP contribution in [0.4, 0.5) is 5.69 Å². The molecule has 0 spiro atoms. The van der Waals surface area contributed by atoms with Crippen LogP contribution in [0.25, 0.3) is 0 Å². The second kappa shape index (κ2) is 6.90. The molecule has 0 saturated heterocycles. The SMILES string of the molecule is CC(C)Oc1ccccc1NC(=O)c1cn(CCN)cn1. The lowest BCUT2D eigenvalue weighted by molar-refractivity contribution is 0.102. The molecular weight excluding hydrogens is 268 g/mol. The third-order valence-corrected chi connectivity index (χ3v) is 2.75. The predicted molar refractivity (Wildman–Crippen MR) is 81.4 cm³/mol. The maximum atomic E-state index is 12.2. The Morgan fingerprint density at radius 1 is 1.43 bits per heavy atom. The molecule has 1 aromatic carbocycles. The summed E-state index contributed by atoms with van der Waals surface area (Å²) in [6.45, 7) is 5.01. The molecule has 0 aliphatic carbocycles. The van der Waals surface area contributed by atoms with Crippen molar-refractivity contribution in [3.8, 4) is 5.75 Å². The van der Waals surface area contributed by atoms with Crippen LogP contribution in [0.2, 0.25) is 0 Å². The van der Waals surface area contributed by atoms with Crippen molar-refractivity contribution in [2.45, 2.75) is 26.5 Å². The van der Waals surface area contributed by atoms with E-state index in [1.54, 1.807) is 23.2 Å². The topological polar surface area (TPSA) is 82.2 Å². The van der Waals surface area contributed by atoms with Crippen LogP contribution in [0.15, 0.2) is 36.8 Å². The number of ether oxygens (including phenoxy) is 1. The Labute approximate surface area is 123 Å². The fourth-order valence-electron chi connectivity index (χ4n) is 1.86. The quantitative estimate of drug-likeness (QED) is 0.850. The lowest BCUT2D eigenvalue weighted by Gasteiger charge is -2.14. The molecule has 0 fully saturated rings. The van der Waals surface area contributed by atoms with Crippen LogP contribution in [0.1, 0.15) is 24.3 Å². The Balaban J connectivity index is 2.11. The van der Waals surface area contributed by atoms with Crippen LogP contribution < -0.4 is 15.8 Å². The van der Waals surface area contributed by atoms with Crippen molar-refractivity contribution in [2.75, 3.05) is 11.9 Å². The average Bonchev–Trinajstić information content (AvgIpc) is 2.89. The summed E-state index contributed by atoms with van der Waals surface area (Å²) in [7, 11) is 0. The number of para-hydroxylation sites is 2.